The molecule has 0 spiro atoms. The first-order valence-corrected chi connectivity index (χ1v) is 6.43. The Bertz CT molecular complexity index is 707. The van der Waals surface area contributed by atoms with Crippen LogP contribution < -0.4 is 5.32 Å². The van der Waals surface area contributed by atoms with Crippen molar-refractivity contribution in [2.75, 3.05) is 5.32 Å². The number of furan rings is 1. The molecule has 3 rings (SSSR count). The summed E-state index contributed by atoms with van der Waals surface area (Å²) in [5, 5.41) is 5.07. The summed E-state index contributed by atoms with van der Waals surface area (Å²) in [7, 11) is 0. The van der Waals surface area contributed by atoms with Gasteiger partial charge in [0.05, 0.1) is 18.3 Å². The van der Waals surface area contributed by atoms with E-state index in [0.29, 0.717) is 11.6 Å². The number of pyridine rings is 1. The Labute approximate surface area is 116 Å². The summed E-state index contributed by atoms with van der Waals surface area (Å²) in [5.74, 6) is 1.70. The number of nitrogens with one attached hydrogen (secondary N) is 1. The number of hydrogen-bond acceptors (Lipinski definition) is 3. The normalized spacial score (nSPS) is 10.8. The van der Waals surface area contributed by atoms with E-state index in [0.717, 1.165) is 22.5 Å². The molecule has 0 aliphatic rings. The molecule has 0 atom stereocenters. The highest BCUT2D eigenvalue weighted by Gasteiger charge is 2.04. The fraction of sp³-hybridized carbons (Fsp3) is 0.133. The van der Waals surface area contributed by atoms with E-state index in [1.165, 1.54) is 5.56 Å². The predicted molar refractivity (Wildman–Crippen MR) is 77.5 cm³/mol. The van der Waals surface area contributed by atoms with E-state index in [4.69, 9.17) is 16.0 Å². The highest BCUT2D eigenvalue weighted by Crippen LogP contribution is 2.23. The first kappa shape index (κ1) is 12.1. The van der Waals surface area contributed by atoms with Crippen molar-refractivity contribution < 1.29 is 4.42 Å². The largest absolute Gasteiger partial charge is 0.467 e. The number of halogens is 1. The van der Waals surface area contributed by atoms with Crippen molar-refractivity contribution in [2.45, 2.75) is 13.5 Å². The van der Waals surface area contributed by atoms with Crippen LogP contribution in [0.25, 0.3) is 10.9 Å². The standard InChI is InChI=1S/C15H13ClN2O/c1-10-7-15(17-9-12-3-2-6-19-12)18-14-8-11(16)4-5-13(10)14/h2-8H,9H2,1H3,(H,17,18). The summed E-state index contributed by atoms with van der Waals surface area (Å²) in [6.45, 7) is 2.68. The van der Waals surface area contributed by atoms with E-state index in [1.54, 1.807) is 6.26 Å². The highest BCUT2D eigenvalue weighted by molar-refractivity contribution is 6.31. The van der Waals surface area contributed by atoms with Crippen LogP contribution in [0, 0.1) is 6.92 Å². The molecular weight excluding hydrogens is 260 g/mol. The molecule has 3 nitrogen and oxygen atoms in total. The highest BCUT2D eigenvalue weighted by atomic mass is 35.5. The molecule has 4 heteroatoms. The van der Waals surface area contributed by atoms with Gasteiger partial charge in [-0.3, -0.25) is 0 Å². The third kappa shape index (κ3) is 2.56. The number of nitrogens with zero attached hydrogens (tertiary/aromatic N) is 1. The number of anilines is 1. The molecule has 1 N–H and O–H groups in total. The number of rotatable bonds is 3. The van der Waals surface area contributed by atoms with Gasteiger partial charge in [0.2, 0.25) is 0 Å². The van der Waals surface area contributed by atoms with Crippen molar-refractivity contribution in [2.24, 2.45) is 0 Å². The molecule has 3 aromatic rings. The fourth-order valence-electron chi connectivity index (χ4n) is 2.06. The van der Waals surface area contributed by atoms with Gasteiger partial charge < -0.3 is 9.73 Å². The van der Waals surface area contributed by atoms with E-state index in [-0.39, 0.29) is 0 Å². The van der Waals surface area contributed by atoms with Crippen LogP contribution in [-0.4, -0.2) is 4.98 Å². The van der Waals surface area contributed by atoms with Crippen molar-refractivity contribution in [3.63, 3.8) is 0 Å². The zero-order valence-electron chi connectivity index (χ0n) is 10.5. The molecule has 1 aromatic carbocycles. The summed E-state index contributed by atoms with van der Waals surface area (Å²) in [4.78, 5) is 4.56. The molecule has 19 heavy (non-hydrogen) atoms. The Balaban J connectivity index is 1.91. The molecule has 0 fully saturated rings. The molecule has 2 aromatic heterocycles. The van der Waals surface area contributed by atoms with E-state index in [2.05, 4.69) is 17.2 Å². The Hall–Kier alpha value is -2.00. The number of hydrogen-bond donors (Lipinski definition) is 1. The molecule has 0 amide bonds. The molecule has 0 radical (unpaired) electrons. The molecule has 0 unspecified atom stereocenters. The molecular formula is C15H13ClN2O. The molecule has 0 aliphatic heterocycles. The van der Waals surface area contributed by atoms with Crippen LogP contribution in [0.2, 0.25) is 5.02 Å². The lowest BCUT2D eigenvalue weighted by atomic mass is 10.1. The van der Waals surface area contributed by atoms with Gasteiger partial charge >= 0.3 is 0 Å². The lowest BCUT2D eigenvalue weighted by Gasteiger charge is -2.08. The minimum absolute atomic E-state index is 0.617. The third-order valence-electron chi connectivity index (χ3n) is 3.00. The molecule has 0 saturated carbocycles. The SMILES string of the molecule is Cc1cc(NCc2ccco2)nc2cc(Cl)ccc12. The first-order chi connectivity index (χ1) is 9.22. The Morgan fingerprint density at radius 3 is 2.95 bits per heavy atom. The van der Waals surface area contributed by atoms with Gasteiger partial charge in [-0.1, -0.05) is 17.7 Å². The average Bonchev–Trinajstić information content (AvgIpc) is 2.89. The van der Waals surface area contributed by atoms with E-state index in [9.17, 15) is 0 Å². The van der Waals surface area contributed by atoms with Gasteiger partial charge in [0.1, 0.15) is 11.6 Å². The van der Waals surface area contributed by atoms with E-state index >= 15 is 0 Å². The second kappa shape index (κ2) is 4.94. The fourth-order valence-corrected chi connectivity index (χ4v) is 2.22. The Morgan fingerprint density at radius 1 is 1.26 bits per heavy atom. The van der Waals surface area contributed by atoms with E-state index < -0.39 is 0 Å². The van der Waals surface area contributed by atoms with Crippen LogP contribution in [-0.2, 0) is 6.54 Å². The topological polar surface area (TPSA) is 38.1 Å². The van der Waals surface area contributed by atoms with Crippen LogP contribution in [0.3, 0.4) is 0 Å². The Morgan fingerprint density at radius 2 is 2.16 bits per heavy atom. The monoisotopic (exact) mass is 272 g/mol. The number of benzene rings is 1. The van der Waals surface area contributed by atoms with E-state index in [1.807, 2.05) is 36.4 Å². The van der Waals surface area contributed by atoms with Gasteiger partial charge in [0.15, 0.2) is 0 Å². The van der Waals surface area contributed by atoms with Crippen molar-refractivity contribution in [3.05, 3.63) is 59.0 Å². The third-order valence-corrected chi connectivity index (χ3v) is 3.24. The summed E-state index contributed by atoms with van der Waals surface area (Å²) in [5.41, 5.74) is 2.07. The first-order valence-electron chi connectivity index (χ1n) is 6.05. The maximum Gasteiger partial charge on any atom is 0.127 e. The van der Waals surface area contributed by atoms with Crippen molar-refractivity contribution in [1.29, 1.82) is 0 Å². The number of aromatic nitrogens is 1. The van der Waals surface area contributed by atoms with Gasteiger partial charge in [-0.2, -0.15) is 0 Å². The molecule has 0 bridgehead atoms. The van der Waals surface area contributed by atoms with Crippen molar-refractivity contribution in [3.8, 4) is 0 Å². The van der Waals surface area contributed by atoms with Gasteiger partial charge in [0, 0.05) is 10.4 Å². The maximum atomic E-state index is 6.01. The number of aryl methyl sites for hydroxylation is 1. The molecule has 96 valence electrons. The second-order valence-corrected chi connectivity index (χ2v) is 4.86. The zero-order valence-corrected chi connectivity index (χ0v) is 11.2. The molecule has 0 aliphatic carbocycles. The Kier molecular flexibility index (Phi) is 3.13. The summed E-state index contributed by atoms with van der Waals surface area (Å²) >= 11 is 6.01. The second-order valence-electron chi connectivity index (χ2n) is 4.42. The smallest absolute Gasteiger partial charge is 0.127 e. The predicted octanol–water partition coefficient (Wildman–Crippen LogP) is 4.40. The van der Waals surface area contributed by atoms with Gasteiger partial charge in [-0.05, 0) is 42.8 Å². The lowest BCUT2D eigenvalue weighted by Crippen LogP contribution is -2.01. The lowest BCUT2D eigenvalue weighted by molar-refractivity contribution is 0.518. The molecule has 2 heterocycles. The quantitative estimate of drug-likeness (QED) is 0.768. The maximum absolute atomic E-state index is 6.01. The summed E-state index contributed by atoms with van der Waals surface area (Å²) in [6, 6.07) is 11.6. The van der Waals surface area contributed by atoms with Crippen LogP contribution >= 0.6 is 11.6 Å². The van der Waals surface area contributed by atoms with Crippen LogP contribution in [0.1, 0.15) is 11.3 Å². The number of fused-ring (bicyclic) bond motifs is 1. The van der Waals surface area contributed by atoms with Crippen molar-refractivity contribution >= 4 is 28.3 Å². The van der Waals surface area contributed by atoms with Gasteiger partial charge in [-0.15, -0.1) is 0 Å². The van der Waals surface area contributed by atoms with Crippen LogP contribution in [0.5, 0.6) is 0 Å². The van der Waals surface area contributed by atoms with Gasteiger partial charge in [0.25, 0.3) is 0 Å². The van der Waals surface area contributed by atoms with Crippen LogP contribution in [0.4, 0.5) is 5.82 Å². The zero-order chi connectivity index (χ0) is 13.2. The summed E-state index contributed by atoms with van der Waals surface area (Å²) < 4.78 is 5.28. The summed E-state index contributed by atoms with van der Waals surface area (Å²) in [6.07, 6.45) is 1.66. The van der Waals surface area contributed by atoms with Crippen molar-refractivity contribution in [1.82, 2.24) is 4.98 Å². The van der Waals surface area contributed by atoms with Gasteiger partial charge in [-0.25, -0.2) is 4.98 Å². The minimum Gasteiger partial charge on any atom is -0.467 e. The minimum atomic E-state index is 0.617. The molecule has 0 saturated heterocycles. The average molecular weight is 273 g/mol. The van der Waals surface area contributed by atoms with Crippen LogP contribution in [0.15, 0.2) is 47.1 Å².